The molecule has 1 saturated heterocycles. The van der Waals surface area contributed by atoms with E-state index in [4.69, 9.17) is 4.74 Å². The minimum absolute atomic E-state index is 0.0440. The number of nitrogens with one attached hydrogen (secondary N) is 2. The second kappa shape index (κ2) is 8.85. The fourth-order valence-corrected chi connectivity index (χ4v) is 4.51. The van der Waals surface area contributed by atoms with Crippen molar-refractivity contribution in [2.75, 3.05) is 18.4 Å². The van der Waals surface area contributed by atoms with E-state index in [-0.39, 0.29) is 29.9 Å². The van der Waals surface area contributed by atoms with E-state index in [0.717, 1.165) is 11.1 Å². The Morgan fingerprint density at radius 2 is 1.53 bits per heavy atom. The van der Waals surface area contributed by atoms with Gasteiger partial charge < -0.3 is 15.4 Å². The molecular weight excluding hydrogens is 406 g/mol. The lowest BCUT2D eigenvalue weighted by molar-refractivity contribution is -0.114. The van der Waals surface area contributed by atoms with E-state index in [9.17, 15) is 18.0 Å². The van der Waals surface area contributed by atoms with Crippen molar-refractivity contribution in [2.45, 2.75) is 37.8 Å². The molecule has 30 heavy (non-hydrogen) atoms. The Morgan fingerprint density at radius 1 is 1.00 bits per heavy atom. The summed E-state index contributed by atoms with van der Waals surface area (Å²) in [6.07, 6.45) is -0.985. The van der Waals surface area contributed by atoms with Gasteiger partial charge in [0.15, 0.2) is 0 Å². The van der Waals surface area contributed by atoms with Crippen molar-refractivity contribution in [1.82, 2.24) is 9.62 Å². The molecule has 2 N–H and O–H groups in total. The van der Waals surface area contributed by atoms with E-state index in [0.29, 0.717) is 5.69 Å². The lowest BCUT2D eigenvalue weighted by Gasteiger charge is -2.37. The zero-order valence-corrected chi connectivity index (χ0v) is 17.9. The molecule has 1 fully saturated rings. The second-order valence-corrected chi connectivity index (χ2v) is 9.37. The van der Waals surface area contributed by atoms with Gasteiger partial charge in [0, 0.05) is 18.7 Å². The van der Waals surface area contributed by atoms with Gasteiger partial charge in [-0.15, -0.1) is 0 Å². The first-order valence-corrected chi connectivity index (χ1v) is 11.0. The number of anilines is 1. The second-order valence-electron chi connectivity index (χ2n) is 7.43. The predicted molar refractivity (Wildman–Crippen MR) is 113 cm³/mol. The van der Waals surface area contributed by atoms with E-state index in [2.05, 4.69) is 10.6 Å². The highest BCUT2D eigenvalue weighted by molar-refractivity contribution is 7.89. The van der Waals surface area contributed by atoms with Crippen LogP contribution in [0.25, 0.3) is 11.1 Å². The molecule has 0 radical (unpaired) electrons. The molecule has 0 unspecified atom stereocenters. The summed E-state index contributed by atoms with van der Waals surface area (Å²) in [5, 5.41) is 5.31. The largest absolute Gasteiger partial charge is 0.443 e. The van der Waals surface area contributed by atoms with E-state index < -0.39 is 22.2 Å². The predicted octanol–water partition coefficient (Wildman–Crippen LogP) is 2.82. The van der Waals surface area contributed by atoms with Crippen LogP contribution in [0, 0.1) is 0 Å². The summed E-state index contributed by atoms with van der Waals surface area (Å²) in [5.41, 5.74) is 2.46. The Hall–Kier alpha value is -2.91. The SMILES string of the molecule is CC(=O)Nc1ccc(-c2ccc(S(=O)(=O)N3CC(OC(=O)NC(C)C)C3)cc2)cc1. The molecule has 8 nitrogen and oxygen atoms in total. The number of rotatable bonds is 6. The Bertz CT molecular complexity index is 1010. The smallest absolute Gasteiger partial charge is 0.407 e. The van der Waals surface area contributed by atoms with Gasteiger partial charge in [0.05, 0.1) is 18.0 Å². The maximum atomic E-state index is 12.7. The molecule has 0 atom stereocenters. The van der Waals surface area contributed by atoms with Crippen molar-refractivity contribution in [2.24, 2.45) is 0 Å². The molecule has 2 aromatic rings. The number of ether oxygens (including phenoxy) is 1. The molecule has 3 rings (SSSR count). The summed E-state index contributed by atoms with van der Waals surface area (Å²) in [7, 11) is -3.64. The monoisotopic (exact) mass is 431 g/mol. The van der Waals surface area contributed by atoms with Crippen LogP contribution >= 0.6 is 0 Å². The van der Waals surface area contributed by atoms with Gasteiger partial charge in [0.25, 0.3) is 0 Å². The Labute approximate surface area is 176 Å². The highest BCUT2D eigenvalue weighted by atomic mass is 32.2. The Kier molecular flexibility index (Phi) is 6.42. The first kappa shape index (κ1) is 21.8. The van der Waals surface area contributed by atoms with Crippen LogP contribution in [0.15, 0.2) is 53.4 Å². The van der Waals surface area contributed by atoms with Crippen LogP contribution in [-0.2, 0) is 19.6 Å². The van der Waals surface area contributed by atoms with Crippen LogP contribution in [0.2, 0.25) is 0 Å². The zero-order chi connectivity index (χ0) is 21.9. The average molecular weight is 432 g/mol. The van der Waals surface area contributed by atoms with Gasteiger partial charge in [-0.05, 0) is 49.2 Å². The molecular formula is C21H25N3O5S. The number of hydrogen-bond acceptors (Lipinski definition) is 5. The molecule has 2 aromatic carbocycles. The molecule has 9 heteroatoms. The van der Waals surface area contributed by atoms with Crippen LogP contribution in [0.4, 0.5) is 10.5 Å². The number of nitrogens with zero attached hydrogens (tertiary/aromatic N) is 1. The van der Waals surface area contributed by atoms with E-state index in [1.807, 2.05) is 26.0 Å². The molecule has 160 valence electrons. The van der Waals surface area contributed by atoms with Crippen LogP contribution in [-0.4, -0.2) is 50.0 Å². The minimum atomic E-state index is -3.64. The molecule has 0 bridgehead atoms. The molecule has 2 amide bonds. The quantitative estimate of drug-likeness (QED) is 0.732. The molecule has 1 heterocycles. The first-order valence-electron chi connectivity index (χ1n) is 9.60. The van der Waals surface area contributed by atoms with Gasteiger partial charge in [-0.3, -0.25) is 4.79 Å². The van der Waals surface area contributed by atoms with Crippen molar-refractivity contribution in [1.29, 1.82) is 0 Å². The summed E-state index contributed by atoms with van der Waals surface area (Å²) in [6.45, 7) is 5.36. The third-order valence-corrected chi connectivity index (χ3v) is 6.37. The van der Waals surface area contributed by atoms with Crippen LogP contribution in [0.5, 0.6) is 0 Å². The first-order chi connectivity index (χ1) is 14.1. The molecule has 1 aliphatic rings. The maximum absolute atomic E-state index is 12.7. The zero-order valence-electron chi connectivity index (χ0n) is 17.1. The number of carbonyl (C=O) groups excluding carboxylic acids is 2. The summed E-state index contributed by atoms with van der Waals surface area (Å²) in [4.78, 5) is 22.9. The third kappa shape index (κ3) is 5.17. The highest BCUT2D eigenvalue weighted by Crippen LogP contribution is 2.27. The summed E-state index contributed by atoms with van der Waals surface area (Å²) in [5.74, 6) is -0.142. The molecule has 0 saturated carbocycles. The topological polar surface area (TPSA) is 105 Å². The van der Waals surface area contributed by atoms with Crippen LogP contribution < -0.4 is 10.6 Å². The maximum Gasteiger partial charge on any atom is 0.407 e. The number of benzene rings is 2. The molecule has 0 aliphatic carbocycles. The fourth-order valence-electron chi connectivity index (χ4n) is 3.01. The summed E-state index contributed by atoms with van der Waals surface area (Å²) >= 11 is 0. The molecule has 0 aromatic heterocycles. The number of hydrogen-bond donors (Lipinski definition) is 2. The minimum Gasteiger partial charge on any atom is -0.443 e. The lowest BCUT2D eigenvalue weighted by Crippen LogP contribution is -2.56. The third-order valence-electron chi connectivity index (χ3n) is 4.53. The van der Waals surface area contributed by atoms with Gasteiger partial charge >= 0.3 is 6.09 Å². The van der Waals surface area contributed by atoms with E-state index in [1.165, 1.54) is 11.2 Å². The van der Waals surface area contributed by atoms with Crippen molar-refractivity contribution < 1.29 is 22.7 Å². The fraction of sp³-hybridized carbons (Fsp3) is 0.333. The van der Waals surface area contributed by atoms with Crippen molar-refractivity contribution in [3.8, 4) is 11.1 Å². The van der Waals surface area contributed by atoms with E-state index in [1.54, 1.807) is 36.4 Å². The average Bonchev–Trinajstić information content (AvgIpc) is 2.64. The molecule has 1 aliphatic heterocycles. The van der Waals surface area contributed by atoms with Crippen LogP contribution in [0.1, 0.15) is 20.8 Å². The van der Waals surface area contributed by atoms with Gasteiger partial charge in [-0.2, -0.15) is 4.31 Å². The normalized spacial score (nSPS) is 14.8. The number of carbonyl (C=O) groups is 2. The van der Waals surface area contributed by atoms with Gasteiger partial charge in [-0.25, -0.2) is 13.2 Å². The lowest BCUT2D eigenvalue weighted by atomic mass is 10.1. The van der Waals surface area contributed by atoms with Gasteiger partial charge in [0.1, 0.15) is 6.10 Å². The van der Waals surface area contributed by atoms with Crippen molar-refractivity contribution in [3.63, 3.8) is 0 Å². The number of sulfonamides is 1. The van der Waals surface area contributed by atoms with Crippen LogP contribution in [0.3, 0.4) is 0 Å². The van der Waals surface area contributed by atoms with Crippen molar-refractivity contribution >= 4 is 27.7 Å². The summed E-state index contributed by atoms with van der Waals surface area (Å²) < 4.78 is 32.0. The Morgan fingerprint density at radius 3 is 2.03 bits per heavy atom. The Balaban J connectivity index is 1.62. The van der Waals surface area contributed by atoms with Gasteiger partial charge in [-0.1, -0.05) is 24.3 Å². The number of alkyl carbamates (subject to hydrolysis) is 1. The molecule has 0 spiro atoms. The van der Waals surface area contributed by atoms with Gasteiger partial charge in [0.2, 0.25) is 15.9 Å². The number of amides is 2. The standard InChI is InChI=1S/C21H25N3O5S/c1-14(2)22-21(26)29-19-12-24(13-19)30(27,28)20-10-6-17(7-11-20)16-4-8-18(9-5-16)23-15(3)25/h4-11,14,19H,12-13H2,1-3H3,(H,22,26)(H,23,25). The van der Waals surface area contributed by atoms with Crippen molar-refractivity contribution in [3.05, 3.63) is 48.5 Å². The summed E-state index contributed by atoms with van der Waals surface area (Å²) in [6, 6.07) is 13.8. The van der Waals surface area contributed by atoms with E-state index >= 15 is 0 Å². The highest BCUT2D eigenvalue weighted by Gasteiger charge is 2.39.